The Morgan fingerprint density at radius 1 is 1.07 bits per heavy atom. The first-order valence-corrected chi connectivity index (χ1v) is 9.52. The Labute approximate surface area is 161 Å². The van der Waals surface area contributed by atoms with Crippen molar-refractivity contribution in [3.05, 3.63) is 59.2 Å². The zero-order chi connectivity index (χ0) is 19.6. The molecule has 4 nitrogen and oxygen atoms in total. The smallest absolute Gasteiger partial charge is 0.168 e. The third-order valence-electron chi connectivity index (χ3n) is 5.59. The van der Waals surface area contributed by atoms with Crippen molar-refractivity contribution in [3.8, 4) is 5.75 Å². The number of hydrogen-bond acceptors (Lipinski definition) is 4. The van der Waals surface area contributed by atoms with Crippen LogP contribution in [0.3, 0.4) is 0 Å². The topological polar surface area (TPSA) is 41.9 Å². The monoisotopic (exact) mass is 364 g/mol. The highest BCUT2D eigenvalue weighted by atomic mass is 16.5. The number of hydrogen-bond donors (Lipinski definition) is 0. The van der Waals surface area contributed by atoms with Crippen molar-refractivity contribution < 1.29 is 9.53 Å². The number of rotatable bonds is 7. The van der Waals surface area contributed by atoms with Gasteiger partial charge >= 0.3 is 0 Å². The molecule has 0 atom stereocenters. The highest BCUT2D eigenvalue weighted by Gasteiger charge is 2.37. The van der Waals surface area contributed by atoms with E-state index in [0.717, 1.165) is 41.1 Å². The molecule has 2 aromatic carbocycles. The maximum atomic E-state index is 12.9. The standard InChI is InChI=1S/C23H28N2O2/c1-6-23(7-2)20-13-12-18(27-5)14-19(20)21(24-23)15-22(26)16-8-10-17(11-9-16)25(3)4/h8-14H,6-7,15H2,1-5H3. The van der Waals surface area contributed by atoms with Gasteiger partial charge in [-0.05, 0) is 54.8 Å². The summed E-state index contributed by atoms with van der Waals surface area (Å²) in [6.07, 6.45) is 2.14. The molecule has 27 heavy (non-hydrogen) atoms. The number of aliphatic imine (C=N–C) groups is 1. The molecule has 3 rings (SSSR count). The second-order valence-corrected chi connectivity index (χ2v) is 7.25. The highest BCUT2D eigenvalue weighted by molar-refractivity contribution is 6.17. The molecule has 1 heterocycles. The first-order chi connectivity index (χ1) is 12.9. The first kappa shape index (κ1) is 19.2. The van der Waals surface area contributed by atoms with E-state index in [4.69, 9.17) is 9.73 Å². The van der Waals surface area contributed by atoms with E-state index in [1.165, 1.54) is 5.56 Å². The summed E-state index contributed by atoms with van der Waals surface area (Å²) in [5.74, 6) is 0.892. The van der Waals surface area contributed by atoms with Crippen LogP contribution in [0.25, 0.3) is 0 Å². The summed E-state index contributed by atoms with van der Waals surface area (Å²) in [6.45, 7) is 4.32. The minimum absolute atomic E-state index is 0.0934. The average Bonchev–Trinajstić information content (AvgIpc) is 3.01. The summed E-state index contributed by atoms with van der Waals surface area (Å²) in [7, 11) is 5.64. The number of ether oxygens (including phenoxy) is 1. The van der Waals surface area contributed by atoms with Gasteiger partial charge in [-0.3, -0.25) is 9.79 Å². The maximum Gasteiger partial charge on any atom is 0.168 e. The van der Waals surface area contributed by atoms with E-state index in [1.807, 2.05) is 55.4 Å². The quantitative estimate of drug-likeness (QED) is 0.659. The van der Waals surface area contributed by atoms with Gasteiger partial charge in [-0.2, -0.15) is 0 Å². The SMILES string of the molecule is CCC1(CC)N=C(CC(=O)c2ccc(N(C)C)cc2)c2cc(OC)ccc21. The Bertz CT molecular complexity index is 862. The molecular formula is C23H28N2O2. The molecule has 0 N–H and O–H groups in total. The number of ketones is 1. The van der Waals surface area contributed by atoms with Crippen molar-refractivity contribution in [2.45, 2.75) is 38.6 Å². The molecule has 0 unspecified atom stereocenters. The van der Waals surface area contributed by atoms with Gasteiger partial charge in [-0.1, -0.05) is 19.9 Å². The Hall–Kier alpha value is -2.62. The predicted molar refractivity (Wildman–Crippen MR) is 112 cm³/mol. The van der Waals surface area contributed by atoms with Crippen LogP contribution in [0.15, 0.2) is 47.5 Å². The van der Waals surface area contributed by atoms with Crippen molar-refractivity contribution >= 4 is 17.2 Å². The van der Waals surface area contributed by atoms with E-state index in [9.17, 15) is 4.79 Å². The van der Waals surface area contributed by atoms with Crippen molar-refractivity contribution in [2.75, 3.05) is 26.1 Å². The Balaban J connectivity index is 1.93. The largest absolute Gasteiger partial charge is 0.497 e. The van der Waals surface area contributed by atoms with Crippen molar-refractivity contribution in [1.82, 2.24) is 0 Å². The molecule has 142 valence electrons. The minimum Gasteiger partial charge on any atom is -0.497 e. The highest BCUT2D eigenvalue weighted by Crippen LogP contribution is 2.43. The summed E-state index contributed by atoms with van der Waals surface area (Å²) < 4.78 is 5.40. The minimum atomic E-state index is -0.230. The number of methoxy groups -OCH3 is 1. The van der Waals surface area contributed by atoms with Crippen molar-refractivity contribution in [2.24, 2.45) is 4.99 Å². The summed E-state index contributed by atoms with van der Waals surface area (Å²) >= 11 is 0. The zero-order valence-electron chi connectivity index (χ0n) is 16.9. The number of anilines is 1. The van der Waals surface area contributed by atoms with Crippen LogP contribution in [0.2, 0.25) is 0 Å². The molecule has 0 aliphatic carbocycles. The Kier molecular flexibility index (Phi) is 5.36. The zero-order valence-corrected chi connectivity index (χ0v) is 16.9. The number of fused-ring (bicyclic) bond motifs is 1. The first-order valence-electron chi connectivity index (χ1n) is 9.52. The molecule has 2 aromatic rings. The van der Waals surface area contributed by atoms with Crippen LogP contribution < -0.4 is 9.64 Å². The van der Waals surface area contributed by atoms with Crippen LogP contribution >= 0.6 is 0 Å². The van der Waals surface area contributed by atoms with Gasteiger partial charge in [0.15, 0.2) is 5.78 Å². The van der Waals surface area contributed by atoms with E-state index < -0.39 is 0 Å². The van der Waals surface area contributed by atoms with Crippen LogP contribution in [0.1, 0.15) is 54.6 Å². The molecule has 0 spiro atoms. The fraction of sp³-hybridized carbons (Fsp3) is 0.391. The number of carbonyl (C=O) groups excluding carboxylic acids is 1. The van der Waals surface area contributed by atoms with Crippen molar-refractivity contribution in [1.29, 1.82) is 0 Å². The van der Waals surface area contributed by atoms with Crippen molar-refractivity contribution in [3.63, 3.8) is 0 Å². The van der Waals surface area contributed by atoms with Gasteiger partial charge in [0.2, 0.25) is 0 Å². The molecular weight excluding hydrogens is 336 g/mol. The van der Waals surface area contributed by atoms with E-state index in [0.29, 0.717) is 6.42 Å². The van der Waals surface area contributed by atoms with E-state index in [1.54, 1.807) is 7.11 Å². The average molecular weight is 364 g/mol. The lowest BCUT2D eigenvalue weighted by atomic mass is 9.84. The number of Topliss-reactive ketones (excluding diaryl/α,β-unsaturated/α-hetero) is 1. The summed E-state index contributed by atoms with van der Waals surface area (Å²) in [5, 5.41) is 0. The van der Waals surface area contributed by atoms with E-state index in [2.05, 4.69) is 19.9 Å². The Morgan fingerprint density at radius 3 is 2.30 bits per heavy atom. The van der Waals surface area contributed by atoms with Gasteiger partial charge in [0, 0.05) is 30.9 Å². The number of nitrogens with zero attached hydrogens (tertiary/aromatic N) is 2. The molecule has 0 radical (unpaired) electrons. The molecule has 1 aliphatic heterocycles. The molecule has 0 amide bonds. The summed E-state index contributed by atoms with van der Waals surface area (Å²) in [5.41, 5.74) is 4.70. The van der Waals surface area contributed by atoms with Gasteiger partial charge in [-0.25, -0.2) is 0 Å². The van der Waals surface area contributed by atoms with Crippen LogP contribution in [0.5, 0.6) is 5.75 Å². The number of benzene rings is 2. The molecule has 1 aliphatic rings. The van der Waals surface area contributed by atoms with Crippen LogP contribution in [0, 0.1) is 0 Å². The number of carbonyl (C=O) groups is 1. The lowest BCUT2D eigenvalue weighted by Crippen LogP contribution is -2.19. The maximum absolute atomic E-state index is 12.9. The van der Waals surface area contributed by atoms with Gasteiger partial charge in [0.05, 0.1) is 24.8 Å². The molecule has 0 saturated heterocycles. The van der Waals surface area contributed by atoms with E-state index in [-0.39, 0.29) is 11.3 Å². The third-order valence-corrected chi connectivity index (χ3v) is 5.59. The third kappa shape index (κ3) is 3.48. The fourth-order valence-corrected chi connectivity index (χ4v) is 3.80. The second kappa shape index (κ2) is 7.55. The molecule has 0 fully saturated rings. The Morgan fingerprint density at radius 2 is 1.74 bits per heavy atom. The lowest BCUT2D eigenvalue weighted by Gasteiger charge is -2.24. The lowest BCUT2D eigenvalue weighted by molar-refractivity contribution is 0.100. The van der Waals surface area contributed by atoms with Gasteiger partial charge in [0.1, 0.15) is 5.75 Å². The van der Waals surface area contributed by atoms with Gasteiger partial charge in [0.25, 0.3) is 0 Å². The molecule has 0 bridgehead atoms. The fourth-order valence-electron chi connectivity index (χ4n) is 3.80. The normalized spacial score (nSPS) is 14.5. The molecule has 0 saturated carbocycles. The summed E-state index contributed by atoms with van der Waals surface area (Å²) in [6, 6.07) is 13.8. The van der Waals surface area contributed by atoms with Gasteiger partial charge in [-0.15, -0.1) is 0 Å². The summed E-state index contributed by atoms with van der Waals surface area (Å²) in [4.78, 5) is 20.0. The van der Waals surface area contributed by atoms with Crippen LogP contribution in [-0.2, 0) is 5.54 Å². The second-order valence-electron chi connectivity index (χ2n) is 7.25. The van der Waals surface area contributed by atoms with Gasteiger partial charge < -0.3 is 9.64 Å². The predicted octanol–water partition coefficient (Wildman–Crippen LogP) is 4.85. The molecule has 4 heteroatoms. The molecule has 0 aromatic heterocycles. The van der Waals surface area contributed by atoms with E-state index >= 15 is 0 Å². The van der Waals surface area contributed by atoms with Crippen LogP contribution in [-0.4, -0.2) is 32.7 Å². The van der Waals surface area contributed by atoms with Crippen LogP contribution in [0.4, 0.5) is 5.69 Å².